The van der Waals surface area contributed by atoms with Gasteiger partial charge in [-0.25, -0.2) is 0 Å². The highest BCUT2D eigenvalue weighted by atomic mass is 35.5. The third kappa shape index (κ3) is 4.21. The molecule has 1 aromatic rings. The number of hydrogen-bond donors (Lipinski definition) is 2. The first kappa shape index (κ1) is 18.3. The number of nitrogens with one attached hydrogen (secondary N) is 1. The summed E-state index contributed by atoms with van der Waals surface area (Å²) in [6.45, 7) is 1.82. The van der Waals surface area contributed by atoms with Gasteiger partial charge in [0.2, 0.25) is 0 Å². The maximum Gasteiger partial charge on any atom is 0.255 e. The number of benzene rings is 1. The summed E-state index contributed by atoms with van der Waals surface area (Å²) in [4.78, 5) is 15.2. The molecule has 6 heteroatoms. The molecular weight excluding hydrogens is 338 g/mol. The third-order valence-corrected chi connectivity index (χ3v) is 5.86. The van der Waals surface area contributed by atoms with Gasteiger partial charge in [-0.1, -0.05) is 30.9 Å². The highest BCUT2D eigenvalue weighted by Gasteiger charge is 2.31. The number of rotatable bonds is 5. The molecule has 1 saturated carbocycles. The second-order valence-electron chi connectivity index (χ2n) is 7.11. The Hall–Kier alpha value is -1.46. The van der Waals surface area contributed by atoms with E-state index in [1.54, 1.807) is 12.1 Å². The molecule has 1 unspecified atom stereocenters. The SMILES string of the molecule is COc1cc(N)c(Cl)cc1C(=O)NCC1CCCN1C1CCCCC1. The van der Waals surface area contributed by atoms with Crippen molar-refractivity contribution in [3.63, 3.8) is 0 Å². The lowest BCUT2D eigenvalue weighted by atomic mass is 9.94. The summed E-state index contributed by atoms with van der Waals surface area (Å²) >= 11 is 6.07. The molecule has 0 bridgehead atoms. The van der Waals surface area contributed by atoms with E-state index in [1.807, 2.05) is 0 Å². The first-order valence-corrected chi connectivity index (χ1v) is 9.65. The van der Waals surface area contributed by atoms with Gasteiger partial charge in [0, 0.05) is 24.7 Å². The number of anilines is 1. The van der Waals surface area contributed by atoms with Gasteiger partial charge in [-0.15, -0.1) is 0 Å². The molecule has 1 aliphatic heterocycles. The number of nitrogens with two attached hydrogens (primary N) is 1. The first-order chi connectivity index (χ1) is 12.1. The summed E-state index contributed by atoms with van der Waals surface area (Å²) in [7, 11) is 1.53. The van der Waals surface area contributed by atoms with Crippen LogP contribution in [0.2, 0.25) is 5.02 Å². The summed E-state index contributed by atoms with van der Waals surface area (Å²) in [5.74, 6) is 0.296. The van der Waals surface area contributed by atoms with E-state index >= 15 is 0 Å². The lowest BCUT2D eigenvalue weighted by Gasteiger charge is -2.35. The van der Waals surface area contributed by atoms with Gasteiger partial charge in [-0.2, -0.15) is 0 Å². The minimum absolute atomic E-state index is 0.158. The van der Waals surface area contributed by atoms with Crippen molar-refractivity contribution in [1.29, 1.82) is 0 Å². The fourth-order valence-corrected chi connectivity index (χ4v) is 4.36. The predicted octanol–water partition coefficient (Wildman–Crippen LogP) is 3.46. The van der Waals surface area contributed by atoms with E-state index < -0.39 is 0 Å². The maximum atomic E-state index is 12.6. The van der Waals surface area contributed by atoms with Crippen molar-refractivity contribution in [3.8, 4) is 5.75 Å². The van der Waals surface area contributed by atoms with Gasteiger partial charge in [0.25, 0.3) is 5.91 Å². The molecule has 1 aliphatic carbocycles. The van der Waals surface area contributed by atoms with Gasteiger partial charge in [-0.05, 0) is 38.3 Å². The molecule has 25 heavy (non-hydrogen) atoms. The standard InChI is InChI=1S/C19H28ClN3O2/c1-25-18-11-17(21)16(20)10-15(18)19(24)22-12-14-8-5-9-23(14)13-6-3-2-4-7-13/h10-11,13-14H,2-9,12,21H2,1H3,(H,22,24). The number of nitrogens with zero attached hydrogens (tertiary/aromatic N) is 1. The Labute approximate surface area is 154 Å². The van der Waals surface area contributed by atoms with Crippen molar-refractivity contribution < 1.29 is 9.53 Å². The van der Waals surface area contributed by atoms with E-state index in [9.17, 15) is 4.79 Å². The molecule has 0 spiro atoms. The van der Waals surface area contributed by atoms with Gasteiger partial charge >= 0.3 is 0 Å². The zero-order chi connectivity index (χ0) is 17.8. The van der Waals surface area contributed by atoms with E-state index in [4.69, 9.17) is 22.1 Å². The lowest BCUT2D eigenvalue weighted by Crippen LogP contribution is -2.45. The average Bonchev–Trinajstić information content (AvgIpc) is 3.11. The molecule has 5 nitrogen and oxygen atoms in total. The van der Waals surface area contributed by atoms with Gasteiger partial charge in [0.15, 0.2) is 0 Å². The van der Waals surface area contributed by atoms with Crippen molar-refractivity contribution in [1.82, 2.24) is 10.2 Å². The molecule has 1 amide bonds. The Balaban J connectivity index is 1.62. The van der Waals surface area contributed by atoms with Crippen molar-refractivity contribution in [3.05, 3.63) is 22.7 Å². The van der Waals surface area contributed by atoms with E-state index in [0.717, 1.165) is 13.0 Å². The topological polar surface area (TPSA) is 67.6 Å². The molecule has 3 rings (SSSR count). The number of nitrogen functional groups attached to an aromatic ring is 1. The largest absolute Gasteiger partial charge is 0.496 e. The fraction of sp³-hybridized carbons (Fsp3) is 0.632. The lowest BCUT2D eigenvalue weighted by molar-refractivity contribution is 0.0917. The Morgan fingerprint density at radius 1 is 1.28 bits per heavy atom. The number of hydrogen-bond acceptors (Lipinski definition) is 4. The quantitative estimate of drug-likeness (QED) is 0.784. The van der Waals surface area contributed by atoms with Crippen LogP contribution in [-0.4, -0.2) is 43.1 Å². The van der Waals surface area contributed by atoms with Gasteiger partial charge < -0.3 is 15.8 Å². The van der Waals surface area contributed by atoms with E-state index in [-0.39, 0.29) is 5.91 Å². The van der Waals surface area contributed by atoms with Crippen LogP contribution in [0.4, 0.5) is 5.69 Å². The summed E-state index contributed by atoms with van der Waals surface area (Å²) in [5.41, 5.74) is 6.63. The molecule has 2 fully saturated rings. The van der Waals surface area contributed by atoms with Gasteiger partial charge in [0.1, 0.15) is 5.75 Å². The Kier molecular flexibility index (Phi) is 6.07. The van der Waals surface area contributed by atoms with Crippen molar-refractivity contribution in [2.45, 2.75) is 57.0 Å². The van der Waals surface area contributed by atoms with Gasteiger partial charge in [-0.3, -0.25) is 9.69 Å². The second-order valence-corrected chi connectivity index (χ2v) is 7.52. The van der Waals surface area contributed by atoms with Crippen LogP contribution in [0, 0.1) is 0 Å². The molecule has 1 heterocycles. The summed E-state index contributed by atoms with van der Waals surface area (Å²) in [6, 6.07) is 4.31. The van der Waals surface area contributed by atoms with Crippen LogP contribution in [-0.2, 0) is 0 Å². The molecule has 3 N–H and O–H groups in total. The Bertz CT molecular complexity index is 617. The molecule has 138 valence electrons. The Morgan fingerprint density at radius 3 is 2.76 bits per heavy atom. The number of halogens is 1. The van der Waals surface area contributed by atoms with E-state index in [2.05, 4.69) is 10.2 Å². The number of amides is 1. The minimum Gasteiger partial charge on any atom is -0.496 e. The smallest absolute Gasteiger partial charge is 0.255 e. The predicted molar refractivity (Wildman–Crippen MR) is 101 cm³/mol. The van der Waals surface area contributed by atoms with Crippen LogP contribution < -0.4 is 15.8 Å². The maximum absolute atomic E-state index is 12.6. The minimum atomic E-state index is -0.158. The fourth-order valence-electron chi connectivity index (χ4n) is 4.19. The van der Waals surface area contributed by atoms with Crippen LogP contribution >= 0.6 is 11.6 Å². The summed E-state index contributed by atoms with van der Waals surface area (Å²) < 4.78 is 5.28. The normalized spacial score (nSPS) is 22.1. The number of ether oxygens (including phenoxy) is 1. The monoisotopic (exact) mass is 365 g/mol. The van der Waals surface area contributed by atoms with Gasteiger partial charge in [0.05, 0.1) is 23.4 Å². The highest BCUT2D eigenvalue weighted by molar-refractivity contribution is 6.33. The van der Waals surface area contributed by atoms with Crippen LogP contribution in [0.3, 0.4) is 0 Å². The molecule has 1 saturated heterocycles. The zero-order valence-corrected chi connectivity index (χ0v) is 15.6. The number of methoxy groups -OCH3 is 1. The molecule has 1 aromatic carbocycles. The van der Waals surface area contributed by atoms with E-state index in [0.29, 0.717) is 40.7 Å². The average molecular weight is 366 g/mol. The van der Waals surface area contributed by atoms with Crippen LogP contribution in [0.5, 0.6) is 5.75 Å². The summed E-state index contributed by atoms with van der Waals surface area (Å²) in [6.07, 6.45) is 8.99. The molecule has 0 radical (unpaired) electrons. The van der Waals surface area contributed by atoms with Crippen molar-refractivity contribution >= 4 is 23.2 Å². The summed E-state index contributed by atoms with van der Waals surface area (Å²) in [5, 5.41) is 3.44. The van der Waals surface area contributed by atoms with E-state index in [1.165, 1.54) is 45.6 Å². The molecule has 2 aliphatic rings. The molecular formula is C19H28ClN3O2. The van der Waals surface area contributed by atoms with Crippen molar-refractivity contribution in [2.75, 3.05) is 25.9 Å². The highest BCUT2D eigenvalue weighted by Crippen LogP contribution is 2.30. The number of carbonyl (C=O) groups is 1. The van der Waals surface area contributed by atoms with Crippen molar-refractivity contribution in [2.24, 2.45) is 0 Å². The second kappa shape index (κ2) is 8.28. The molecule has 1 atom stereocenters. The van der Waals surface area contributed by atoms with Crippen LogP contribution in [0.15, 0.2) is 12.1 Å². The number of likely N-dealkylation sites (tertiary alicyclic amines) is 1. The van der Waals surface area contributed by atoms with Crippen LogP contribution in [0.1, 0.15) is 55.3 Å². The van der Waals surface area contributed by atoms with Crippen LogP contribution in [0.25, 0.3) is 0 Å². The first-order valence-electron chi connectivity index (χ1n) is 9.27. The number of carbonyl (C=O) groups excluding carboxylic acids is 1. The Morgan fingerprint density at radius 2 is 2.04 bits per heavy atom. The third-order valence-electron chi connectivity index (χ3n) is 5.53. The zero-order valence-electron chi connectivity index (χ0n) is 14.9. The molecule has 0 aromatic heterocycles.